The standard InChI is InChI=1S/C14H15BrClN3O2/c15-8-6-10(12(16)17-7-8)14(21)19-5-1-2-11(19)13(20)18-9-3-4-9/h6-7,9,11H,1-5H2,(H,18,20). The topological polar surface area (TPSA) is 62.3 Å². The molecule has 1 aromatic heterocycles. The van der Waals surface area contributed by atoms with Gasteiger partial charge in [-0.25, -0.2) is 4.98 Å². The van der Waals surface area contributed by atoms with E-state index in [2.05, 4.69) is 26.2 Å². The lowest BCUT2D eigenvalue weighted by molar-refractivity contribution is -0.125. The van der Waals surface area contributed by atoms with E-state index in [0.717, 1.165) is 19.3 Å². The van der Waals surface area contributed by atoms with Crippen LogP contribution in [0.3, 0.4) is 0 Å². The molecule has 2 aliphatic rings. The van der Waals surface area contributed by atoms with E-state index in [4.69, 9.17) is 11.6 Å². The fraction of sp³-hybridized carbons (Fsp3) is 0.500. The monoisotopic (exact) mass is 371 g/mol. The molecule has 5 nitrogen and oxygen atoms in total. The fourth-order valence-corrected chi connectivity index (χ4v) is 3.05. The van der Waals surface area contributed by atoms with Crippen molar-refractivity contribution in [2.75, 3.05) is 6.54 Å². The molecule has 1 aliphatic heterocycles. The molecule has 1 saturated carbocycles. The van der Waals surface area contributed by atoms with Gasteiger partial charge in [-0.2, -0.15) is 0 Å². The van der Waals surface area contributed by atoms with Crippen molar-refractivity contribution in [2.45, 2.75) is 37.8 Å². The summed E-state index contributed by atoms with van der Waals surface area (Å²) in [6, 6.07) is 1.55. The number of carbonyl (C=O) groups is 2. The minimum Gasteiger partial charge on any atom is -0.352 e. The number of carbonyl (C=O) groups excluding carboxylic acids is 2. The predicted molar refractivity (Wildman–Crippen MR) is 82.2 cm³/mol. The van der Waals surface area contributed by atoms with Crippen molar-refractivity contribution < 1.29 is 9.59 Å². The molecule has 1 N–H and O–H groups in total. The number of amides is 2. The number of hydrogen-bond donors (Lipinski definition) is 1. The zero-order valence-electron chi connectivity index (χ0n) is 11.3. The summed E-state index contributed by atoms with van der Waals surface area (Å²) >= 11 is 9.30. The van der Waals surface area contributed by atoms with Crippen LogP contribution in [0, 0.1) is 0 Å². The molecule has 1 aliphatic carbocycles. The van der Waals surface area contributed by atoms with Crippen molar-refractivity contribution in [3.63, 3.8) is 0 Å². The second-order valence-corrected chi connectivity index (χ2v) is 6.71. The van der Waals surface area contributed by atoms with Gasteiger partial charge in [0.15, 0.2) is 0 Å². The van der Waals surface area contributed by atoms with E-state index < -0.39 is 6.04 Å². The Bertz CT molecular complexity index is 592. The number of nitrogens with one attached hydrogen (secondary N) is 1. The van der Waals surface area contributed by atoms with E-state index in [9.17, 15) is 9.59 Å². The summed E-state index contributed by atoms with van der Waals surface area (Å²) in [6.45, 7) is 0.574. The Morgan fingerprint density at radius 3 is 2.86 bits per heavy atom. The molecule has 1 unspecified atom stereocenters. The second-order valence-electron chi connectivity index (χ2n) is 5.43. The summed E-state index contributed by atoms with van der Waals surface area (Å²) < 4.78 is 0.688. The zero-order chi connectivity index (χ0) is 15.0. The molecule has 0 radical (unpaired) electrons. The van der Waals surface area contributed by atoms with E-state index in [0.29, 0.717) is 29.0 Å². The molecule has 1 atom stereocenters. The first kappa shape index (κ1) is 14.8. The SMILES string of the molecule is O=C(NC1CC1)C1CCCN1C(=O)c1cc(Br)cnc1Cl. The molecule has 21 heavy (non-hydrogen) atoms. The first-order valence-electron chi connectivity index (χ1n) is 6.98. The summed E-state index contributed by atoms with van der Waals surface area (Å²) in [6.07, 6.45) is 5.14. The Labute approximate surface area is 136 Å². The Kier molecular flexibility index (Phi) is 4.17. The first-order valence-corrected chi connectivity index (χ1v) is 8.16. The maximum Gasteiger partial charge on any atom is 0.257 e. The minimum atomic E-state index is -0.395. The average molecular weight is 373 g/mol. The molecule has 1 aromatic rings. The molecule has 1 saturated heterocycles. The highest BCUT2D eigenvalue weighted by atomic mass is 79.9. The Morgan fingerprint density at radius 2 is 2.14 bits per heavy atom. The third kappa shape index (κ3) is 3.21. The number of nitrogens with zero attached hydrogens (tertiary/aromatic N) is 2. The van der Waals surface area contributed by atoms with Gasteiger partial charge in [0.2, 0.25) is 5.91 Å². The van der Waals surface area contributed by atoms with Gasteiger partial charge in [0.25, 0.3) is 5.91 Å². The summed E-state index contributed by atoms with van der Waals surface area (Å²) in [5.74, 6) is -0.287. The van der Waals surface area contributed by atoms with Crippen LogP contribution in [0.25, 0.3) is 0 Å². The van der Waals surface area contributed by atoms with Crippen LogP contribution in [0.5, 0.6) is 0 Å². The van der Waals surface area contributed by atoms with Crippen LogP contribution in [0.15, 0.2) is 16.7 Å². The molecule has 0 aromatic carbocycles. The van der Waals surface area contributed by atoms with E-state index in [1.54, 1.807) is 17.2 Å². The van der Waals surface area contributed by atoms with Gasteiger partial charge in [-0.3, -0.25) is 9.59 Å². The Balaban J connectivity index is 1.78. The summed E-state index contributed by atoms with van der Waals surface area (Å²) in [5, 5.41) is 3.13. The molecule has 2 heterocycles. The molecular weight excluding hydrogens is 358 g/mol. The van der Waals surface area contributed by atoms with Gasteiger partial charge in [0.1, 0.15) is 11.2 Å². The van der Waals surface area contributed by atoms with Crippen LogP contribution < -0.4 is 5.32 Å². The highest BCUT2D eigenvalue weighted by Gasteiger charge is 2.37. The Morgan fingerprint density at radius 1 is 1.38 bits per heavy atom. The van der Waals surface area contributed by atoms with E-state index in [1.165, 1.54) is 0 Å². The zero-order valence-corrected chi connectivity index (χ0v) is 13.7. The third-order valence-electron chi connectivity index (χ3n) is 3.78. The Hall–Kier alpha value is -1.14. The lowest BCUT2D eigenvalue weighted by Crippen LogP contribution is -2.46. The molecule has 3 rings (SSSR count). The number of hydrogen-bond acceptors (Lipinski definition) is 3. The molecule has 0 bridgehead atoms. The van der Waals surface area contributed by atoms with Crippen LogP contribution in [0.1, 0.15) is 36.0 Å². The number of aromatic nitrogens is 1. The summed E-state index contributed by atoms with van der Waals surface area (Å²) in [5.41, 5.74) is 0.331. The summed E-state index contributed by atoms with van der Waals surface area (Å²) in [7, 11) is 0. The minimum absolute atomic E-state index is 0.0533. The number of pyridine rings is 1. The molecule has 112 valence electrons. The smallest absolute Gasteiger partial charge is 0.257 e. The van der Waals surface area contributed by atoms with E-state index in [-0.39, 0.29) is 17.0 Å². The highest BCUT2D eigenvalue weighted by Crippen LogP contribution is 2.26. The van der Waals surface area contributed by atoms with Crippen molar-refractivity contribution >= 4 is 39.3 Å². The number of likely N-dealkylation sites (tertiary alicyclic amines) is 1. The third-order valence-corrected chi connectivity index (χ3v) is 4.51. The van der Waals surface area contributed by atoms with Crippen LogP contribution in [-0.4, -0.2) is 40.3 Å². The van der Waals surface area contributed by atoms with Gasteiger partial charge in [-0.05, 0) is 47.7 Å². The van der Waals surface area contributed by atoms with Crippen LogP contribution in [0.4, 0.5) is 0 Å². The lowest BCUT2D eigenvalue weighted by atomic mass is 10.2. The molecule has 2 fully saturated rings. The molecule has 2 amide bonds. The maximum atomic E-state index is 12.6. The van der Waals surface area contributed by atoms with Crippen molar-refractivity contribution in [3.8, 4) is 0 Å². The average Bonchev–Trinajstić information content (AvgIpc) is 3.13. The normalized spacial score (nSPS) is 21.4. The van der Waals surface area contributed by atoms with Gasteiger partial charge in [0.05, 0.1) is 5.56 Å². The quantitative estimate of drug-likeness (QED) is 0.829. The van der Waals surface area contributed by atoms with Gasteiger partial charge in [-0.15, -0.1) is 0 Å². The molecular formula is C14H15BrClN3O2. The largest absolute Gasteiger partial charge is 0.352 e. The van der Waals surface area contributed by atoms with Crippen molar-refractivity contribution in [2.24, 2.45) is 0 Å². The second kappa shape index (κ2) is 5.93. The van der Waals surface area contributed by atoms with Crippen LogP contribution in [-0.2, 0) is 4.79 Å². The van der Waals surface area contributed by atoms with E-state index in [1.807, 2.05) is 0 Å². The number of rotatable bonds is 3. The predicted octanol–water partition coefficient (Wildman–Crippen LogP) is 2.38. The summed E-state index contributed by atoms with van der Waals surface area (Å²) in [4.78, 5) is 30.4. The highest BCUT2D eigenvalue weighted by molar-refractivity contribution is 9.10. The van der Waals surface area contributed by atoms with Crippen molar-refractivity contribution in [3.05, 3.63) is 27.5 Å². The molecule has 7 heteroatoms. The fourth-order valence-electron chi connectivity index (χ4n) is 2.53. The van der Waals surface area contributed by atoms with Crippen LogP contribution >= 0.6 is 27.5 Å². The van der Waals surface area contributed by atoms with Gasteiger partial charge >= 0.3 is 0 Å². The molecule has 0 spiro atoms. The van der Waals surface area contributed by atoms with Gasteiger partial charge in [-0.1, -0.05) is 11.6 Å². The lowest BCUT2D eigenvalue weighted by Gasteiger charge is -2.24. The van der Waals surface area contributed by atoms with Crippen molar-refractivity contribution in [1.82, 2.24) is 15.2 Å². The first-order chi connectivity index (χ1) is 10.1. The van der Waals surface area contributed by atoms with Gasteiger partial charge < -0.3 is 10.2 Å². The van der Waals surface area contributed by atoms with Gasteiger partial charge in [0, 0.05) is 23.3 Å². The van der Waals surface area contributed by atoms with E-state index >= 15 is 0 Å². The van der Waals surface area contributed by atoms with Crippen LogP contribution in [0.2, 0.25) is 5.15 Å². The maximum absolute atomic E-state index is 12.6. The number of halogens is 2. The van der Waals surface area contributed by atoms with Crippen molar-refractivity contribution in [1.29, 1.82) is 0 Å².